The van der Waals surface area contributed by atoms with Crippen molar-refractivity contribution in [2.45, 2.75) is 26.0 Å². The number of benzene rings is 1. The van der Waals surface area contributed by atoms with Crippen molar-refractivity contribution in [3.05, 3.63) is 35.4 Å². The lowest BCUT2D eigenvalue weighted by Crippen LogP contribution is -2.11. The van der Waals surface area contributed by atoms with Crippen molar-refractivity contribution in [2.75, 3.05) is 12.3 Å². The van der Waals surface area contributed by atoms with Gasteiger partial charge in [-0.3, -0.25) is 0 Å². The number of aryl methyl sites for hydroxylation is 1. The van der Waals surface area contributed by atoms with Crippen molar-refractivity contribution in [3.63, 3.8) is 0 Å². The Morgan fingerprint density at radius 3 is 2.60 bits per heavy atom. The first-order valence-corrected chi connectivity index (χ1v) is 6.56. The molecular formula is C13H21NS. The van der Waals surface area contributed by atoms with Crippen LogP contribution in [0.15, 0.2) is 24.3 Å². The van der Waals surface area contributed by atoms with E-state index in [1.54, 1.807) is 0 Å². The third-order valence-corrected chi connectivity index (χ3v) is 3.98. The summed E-state index contributed by atoms with van der Waals surface area (Å²) >= 11 is 1.97. The van der Waals surface area contributed by atoms with Crippen LogP contribution in [0.2, 0.25) is 0 Å². The minimum absolute atomic E-state index is 0.451. The summed E-state index contributed by atoms with van der Waals surface area (Å²) in [6, 6.07) is 8.66. The van der Waals surface area contributed by atoms with E-state index >= 15 is 0 Å². The second-order valence-corrected chi connectivity index (χ2v) is 5.60. The molecule has 0 saturated heterocycles. The van der Waals surface area contributed by atoms with Crippen molar-refractivity contribution < 1.29 is 0 Å². The van der Waals surface area contributed by atoms with Crippen molar-refractivity contribution in [2.24, 2.45) is 11.7 Å². The molecule has 0 aliphatic carbocycles. The normalized spacial score (nSPS) is 13.1. The Labute approximate surface area is 97.4 Å². The molecule has 1 aromatic rings. The lowest BCUT2D eigenvalue weighted by molar-refractivity contribution is 0.746. The van der Waals surface area contributed by atoms with Gasteiger partial charge in [-0.2, -0.15) is 11.8 Å². The van der Waals surface area contributed by atoms with Gasteiger partial charge in [-0.15, -0.1) is 0 Å². The zero-order chi connectivity index (χ0) is 11.3. The van der Waals surface area contributed by atoms with E-state index in [0.717, 1.165) is 12.5 Å². The highest BCUT2D eigenvalue weighted by molar-refractivity contribution is 7.99. The molecule has 2 N–H and O–H groups in total. The summed E-state index contributed by atoms with van der Waals surface area (Å²) in [5, 5.41) is 0.451. The van der Waals surface area contributed by atoms with Crippen LogP contribution < -0.4 is 5.73 Å². The van der Waals surface area contributed by atoms with Crippen LogP contribution in [0.5, 0.6) is 0 Å². The van der Waals surface area contributed by atoms with Crippen LogP contribution >= 0.6 is 11.8 Å². The molecule has 0 bridgehead atoms. The first kappa shape index (κ1) is 12.6. The van der Waals surface area contributed by atoms with Crippen LogP contribution in [0.3, 0.4) is 0 Å². The van der Waals surface area contributed by atoms with Crippen molar-refractivity contribution in [3.8, 4) is 0 Å². The Bertz CT molecular complexity index is 296. The Morgan fingerprint density at radius 1 is 1.33 bits per heavy atom. The highest BCUT2D eigenvalue weighted by atomic mass is 32.2. The Morgan fingerprint density at radius 2 is 2.07 bits per heavy atom. The fourth-order valence-electron chi connectivity index (χ4n) is 1.48. The Balaban J connectivity index is 2.65. The van der Waals surface area contributed by atoms with E-state index < -0.39 is 0 Å². The SMILES string of the molecule is Cc1cccc(C(CN)SCC(C)C)c1. The summed E-state index contributed by atoms with van der Waals surface area (Å²) in [7, 11) is 0. The van der Waals surface area contributed by atoms with Gasteiger partial charge in [0.1, 0.15) is 0 Å². The minimum atomic E-state index is 0.451. The van der Waals surface area contributed by atoms with Crippen molar-refractivity contribution in [1.82, 2.24) is 0 Å². The zero-order valence-corrected chi connectivity index (χ0v) is 10.7. The smallest absolute Gasteiger partial charge is 0.0419 e. The molecule has 0 saturated carbocycles. The summed E-state index contributed by atoms with van der Waals surface area (Å²) in [6.07, 6.45) is 0. The third-order valence-electron chi connectivity index (χ3n) is 2.26. The van der Waals surface area contributed by atoms with E-state index in [9.17, 15) is 0 Å². The van der Waals surface area contributed by atoms with Gasteiger partial charge in [-0.1, -0.05) is 43.7 Å². The second kappa shape index (κ2) is 6.19. The van der Waals surface area contributed by atoms with Gasteiger partial charge in [0.05, 0.1) is 0 Å². The van der Waals surface area contributed by atoms with Crippen LogP contribution in [-0.4, -0.2) is 12.3 Å². The Hall–Kier alpha value is -0.470. The van der Waals surface area contributed by atoms with Gasteiger partial charge in [0.25, 0.3) is 0 Å². The molecule has 1 aromatic carbocycles. The molecule has 0 radical (unpaired) electrons. The Kier molecular flexibility index (Phi) is 5.20. The van der Waals surface area contributed by atoms with E-state index in [2.05, 4.69) is 45.0 Å². The van der Waals surface area contributed by atoms with Gasteiger partial charge in [0.15, 0.2) is 0 Å². The maximum absolute atomic E-state index is 5.82. The maximum Gasteiger partial charge on any atom is 0.0419 e. The summed E-state index contributed by atoms with van der Waals surface area (Å²) in [5.74, 6) is 1.91. The topological polar surface area (TPSA) is 26.0 Å². The zero-order valence-electron chi connectivity index (χ0n) is 9.86. The number of hydrogen-bond acceptors (Lipinski definition) is 2. The van der Waals surface area contributed by atoms with E-state index in [1.165, 1.54) is 16.9 Å². The van der Waals surface area contributed by atoms with Crippen LogP contribution in [0, 0.1) is 12.8 Å². The molecule has 0 fully saturated rings. The average molecular weight is 223 g/mol. The summed E-state index contributed by atoms with van der Waals surface area (Å²) < 4.78 is 0. The predicted molar refractivity (Wildman–Crippen MR) is 70.3 cm³/mol. The predicted octanol–water partition coefficient (Wildman–Crippen LogP) is 3.38. The fraction of sp³-hybridized carbons (Fsp3) is 0.538. The van der Waals surface area contributed by atoms with Crippen molar-refractivity contribution in [1.29, 1.82) is 0 Å². The van der Waals surface area contributed by atoms with Gasteiger partial charge >= 0.3 is 0 Å². The largest absolute Gasteiger partial charge is 0.329 e. The molecule has 1 atom stereocenters. The van der Waals surface area contributed by atoms with Crippen LogP contribution in [0.25, 0.3) is 0 Å². The van der Waals surface area contributed by atoms with E-state index in [0.29, 0.717) is 5.25 Å². The molecule has 0 aromatic heterocycles. The summed E-state index contributed by atoms with van der Waals surface area (Å²) in [6.45, 7) is 7.35. The molecule has 1 rings (SSSR count). The second-order valence-electron chi connectivity index (χ2n) is 4.37. The molecule has 0 aliphatic rings. The van der Waals surface area contributed by atoms with Gasteiger partial charge in [-0.25, -0.2) is 0 Å². The summed E-state index contributed by atoms with van der Waals surface area (Å²) in [4.78, 5) is 0. The van der Waals surface area contributed by atoms with Gasteiger partial charge < -0.3 is 5.73 Å². The molecular weight excluding hydrogens is 202 g/mol. The van der Waals surface area contributed by atoms with Crippen molar-refractivity contribution >= 4 is 11.8 Å². The highest BCUT2D eigenvalue weighted by Crippen LogP contribution is 2.29. The monoisotopic (exact) mass is 223 g/mol. The van der Waals surface area contributed by atoms with Gasteiger partial charge in [0, 0.05) is 11.8 Å². The van der Waals surface area contributed by atoms with Gasteiger partial charge in [0.2, 0.25) is 0 Å². The molecule has 0 heterocycles. The molecule has 15 heavy (non-hydrogen) atoms. The standard InChI is InChI=1S/C13H21NS/c1-10(2)9-15-13(8-14)12-6-4-5-11(3)7-12/h4-7,10,13H,8-9,14H2,1-3H3. The average Bonchev–Trinajstić information content (AvgIpc) is 2.18. The van der Waals surface area contributed by atoms with E-state index in [4.69, 9.17) is 5.73 Å². The lowest BCUT2D eigenvalue weighted by atomic mass is 10.1. The molecule has 0 spiro atoms. The molecule has 0 aliphatic heterocycles. The van der Waals surface area contributed by atoms with E-state index in [1.807, 2.05) is 11.8 Å². The first-order valence-electron chi connectivity index (χ1n) is 5.51. The quantitative estimate of drug-likeness (QED) is 0.828. The van der Waals surface area contributed by atoms with Crippen LogP contribution in [-0.2, 0) is 0 Å². The molecule has 1 unspecified atom stereocenters. The minimum Gasteiger partial charge on any atom is -0.329 e. The summed E-state index contributed by atoms with van der Waals surface area (Å²) in [5.41, 5.74) is 8.50. The molecule has 1 nitrogen and oxygen atoms in total. The number of hydrogen-bond donors (Lipinski definition) is 1. The number of rotatable bonds is 5. The highest BCUT2D eigenvalue weighted by Gasteiger charge is 2.10. The lowest BCUT2D eigenvalue weighted by Gasteiger charge is -2.16. The number of thioether (sulfide) groups is 1. The number of nitrogens with two attached hydrogens (primary N) is 1. The third kappa shape index (κ3) is 4.27. The van der Waals surface area contributed by atoms with Gasteiger partial charge in [-0.05, 0) is 24.2 Å². The van der Waals surface area contributed by atoms with E-state index in [-0.39, 0.29) is 0 Å². The van der Waals surface area contributed by atoms with Crippen LogP contribution in [0.1, 0.15) is 30.2 Å². The van der Waals surface area contributed by atoms with Crippen LogP contribution in [0.4, 0.5) is 0 Å². The molecule has 0 amide bonds. The maximum atomic E-state index is 5.82. The molecule has 2 heteroatoms. The first-order chi connectivity index (χ1) is 7.13. The fourth-order valence-corrected chi connectivity index (χ4v) is 2.57. The molecule has 84 valence electrons.